The Hall–Kier alpha value is -2.41. The SMILES string of the molecule is [c]1ccc(-[n+]2cccc(-c3ccccc3)c2)cc1. The maximum atomic E-state index is 3.04. The first-order valence-corrected chi connectivity index (χ1v) is 5.97. The molecule has 2 aromatic carbocycles. The molecule has 0 saturated heterocycles. The molecule has 85 valence electrons. The first kappa shape index (κ1) is 10.7. The lowest BCUT2D eigenvalue weighted by Crippen LogP contribution is -2.29. The molecule has 18 heavy (non-hydrogen) atoms. The standard InChI is InChI=1S/C17H13N/c1-3-8-15(9-4-1)16-10-7-13-18(14-16)17-11-5-2-6-12-17/h1,3-14H/q+1. The Bertz CT molecular complexity index is 575. The van der Waals surface area contributed by atoms with E-state index in [4.69, 9.17) is 0 Å². The molecule has 3 aromatic rings. The van der Waals surface area contributed by atoms with Gasteiger partial charge in [-0.2, -0.15) is 4.57 Å². The summed E-state index contributed by atoms with van der Waals surface area (Å²) in [6, 6.07) is 25.6. The molecule has 0 N–H and O–H groups in total. The summed E-state index contributed by atoms with van der Waals surface area (Å²) < 4.78 is 2.12. The fourth-order valence-electron chi connectivity index (χ4n) is 1.99. The van der Waals surface area contributed by atoms with Crippen molar-refractivity contribution in [3.05, 3.63) is 85.2 Å². The molecule has 0 fully saturated rings. The van der Waals surface area contributed by atoms with Gasteiger partial charge in [-0.15, -0.1) is 0 Å². The average Bonchev–Trinajstić information content (AvgIpc) is 2.49. The van der Waals surface area contributed by atoms with Crippen molar-refractivity contribution in [3.63, 3.8) is 0 Å². The maximum Gasteiger partial charge on any atom is 0.210 e. The van der Waals surface area contributed by atoms with Crippen LogP contribution in [0.4, 0.5) is 0 Å². The van der Waals surface area contributed by atoms with E-state index in [0.29, 0.717) is 0 Å². The molecule has 1 heterocycles. The molecule has 0 spiro atoms. The zero-order valence-corrected chi connectivity index (χ0v) is 9.95. The third-order valence-corrected chi connectivity index (χ3v) is 2.91. The van der Waals surface area contributed by atoms with Crippen LogP contribution in [0.25, 0.3) is 16.8 Å². The zero-order chi connectivity index (χ0) is 12.2. The van der Waals surface area contributed by atoms with Crippen LogP contribution in [0.15, 0.2) is 79.1 Å². The topological polar surface area (TPSA) is 3.88 Å². The van der Waals surface area contributed by atoms with Crippen molar-refractivity contribution in [3.8, 4) is 16.8 Å². The van der Waals surface area contributed by atoms with Crippen LogP contribution in [0.5, 0.6) is 0 Å². The summed E-state index contributed by atoms with van der Waals surface area (Å²) in [5.41, 5.74) is 3.59. The van der Waals surface area contributed by atoms with Crippen molar-refractivity contribution in [2.45, 2.75) is 0 Å². The van der Waals surface area contributed by atoms with E-state index >= 15 is 0 Å². The van der Waals surface area contributed by atoms with Gasteiger partial charge in [0, 0.05) is 23.8 Å². The number of benzene rings is 2. The fourth-order valence-corrected chi connectivity index (χ4v) is 1.99. The second-order valence-corrected chi connectivity index (χ2v) is 4.12. The molecule has 0 unspecified atom stereocenters. The molecule has 0 amide bonds. The highest BCUT2D eigenvalue weighted by atomic mass is 14.9. The van der Waals surface area contributed by atoms with Crippen LogP contribution in [0, 0.1) is 6.07 Å². The zero-order valence-electron chi connectivity index (χ0n) is 9.95. The number of nitrogens with zero attached hydrogens (tertiary/aromatic N) is 1. The van der Waals surface area contributed by atoms with Crippen LogP contribution in [0.1, 0.15) is 0 Å². The summed E-state index contributed by atoms with van der Waals surface area (Å²) in [6.45, 7) is 0. The van der Waals surface area contributed by atoms with Gasteiger partial charge in [0.05, 0.1) is 0 Å². The minimum atomic E-state index is 1.14. The van der Waals surface area contributed by atoms with Gasteiger partial charge < -0.3 is 0 Å². The highest BCUT2D eigenvalue weighted by Gasteiger charge is 2.06. The Labute approximate surface area is 107 Å². The molecule has 0 saturated carbocycles. The third kappa shape index (κ3) is 2.16. The van der Waals surface area contributed by atoms with E-state index in [2.05, 4.69) is 71.6 Å². The number of aromatic nitrogens is 1. The summed E-state index contributed by atoms with van der Waals surface area (Å²) in [6.07, 6.45) is 4.20. The summed E-state index contributed by atoms with van der Waals surface area (Å²) >= 11 is 0. The van der Waals surface area contributed by atoms with Crippen molar-refractivity contribution in [2.24, 2.45) is 0 Å². The molecule has 0 aliphatic carbocycles. The maximum absolute atomic E-state index is 3.04. The number of hydrogen-bond donors (Lipinski definition) is 0. The molecule has 0 aliphatic heterocycles. The van der Waals surface area contributed by atoms with Crippen molar-refractivity contribution >= 4 is 0 Å². The van der Waals surface area contributed by atoms with Crippen LogP contribution in [0.2, 0.25) is 0 Å². The van der Waals surface area contributed by atoms with E-state index in [1.165, 1.54) is 11.1 Å². The monoisotopic (exact) mass is 231 g/mol. The smallest absolute Gasteiger partial charge is 0.167 e. The average molecular weight is 231 g/mol. The molecule has 1 nitrogen and oxygen atoms in total. The highest BCUT2D eigenvalue weighted by molar-refractivity contribution is 5.61. The Balaban J connectivity index is 2.05. The van der Waals surface area contributed by atoms with Crippen LogP contribution >= 0.6 is 0 Å². The number of pyridine rings is 1. The van der Waals surface area contributed by atoms with E-state index in [1.54, 1.807) is 0 Å². The van der Waals surface area contributed by atoms with E-state index < -0.39 is 0 Å². The summed E-state index contributed by atoms with van der Waals surface area (Å²) in [5, 5.41) is 0. The van der Waals surface area contributed by atoms with E-state index in [9.17, 15) is 0 Å². The molecule has 3 rings (SSSR count). The van der Waals surface area contributed by atoms with Gasteiger partial charge in [0.15, 0.2) is 12.4 Å². The predicted octanol–water partition coefficient (Wildman–Crippen LogP) is 3.43. The van der Waals surface area contributed by atoms with Gasteiger partial charge in [0.2, 0.25) is 5.69 Å². The molecule has 0 bridgehead atoms. The first-order valence-electron chi connectivity index (χ1n) is 5.97. The van der Waals surface area contributed by atoms with Crippen LogP contribution in [-0.4, -0.2) is 0 Å². The van der Waals surface area contributed by atoms with Crippen LogP contribution < -0.4 is 4.57 Å². The summed E-state index contributed by atoms with van der Waals surface area (Å²) in [5.74, 6) is 0. The Morgan fingerprint density at radius 1 is 0.722 bits per heavy atom. The van der Waals surface area contributed by atoms with Crippen molar-refractivity contribution in [1.29, 1.82) is 0 Å². The van der Waals surface area contributed by atoms with Crippen LogP contribution in [0.3, 0.4) is 0 Å². The van der Waals surface area contributed by atoms with Gasteiger partial charge in [-0.1, -0.05) is 30.3 Å². The lowest BCUT2D eigenvalue weighted by molar-refractivity contribution is -0.595. The number of rotatable bonds is 2. The van der Waals surface area contributed by atoms with Crippen molar-refractivity contribution in [2.75, 3.05) is 0 Å². The van der Waals surface area contributed by atoms with Gasteiger partial charge in [-0.05, 0) is 29.8 Å². The quantitative estimate of drug-likeness (QED) is 0.595. The van der Waals surface area contributed by atoms with Gasteiger partial charge >= 0.3 is 0 Å². The minimum absolute atomic E-state index is 1.14. The molecule has 0 aliphatic rings. The first-order chi connectivity index (χ1) is 8.93. The van der Waals surface area contributed by atoms with Gasteiger partial charge in [-0.3, -0.25) is 0 Å². The van der Waals surface area contributed by atoms with Gasteiger partial charge in [-0.25, -0.2) is 0 Å². The number of hydrogen-bond acceptors (Lipinski definition) is 0. The van der Waals surface area contributed by atoms with Gasteiger partial charge in [0.1, 0.15) is 0 Å². The largest absolute Gasteiger partial charge is 0.210 e. The van der Waals surface area contributed by atoms with E-state index in [1.807, 2.05) is 18.2 Å². The van der Waals surface area contributed by atoms with Crippen molar-refractivity contribution in [1.82, 2.24) is 0 Å². The Kier molecular flexibility index (Phi) is 2.89. The second-order valence-electron chi connectivity index (χ2n) is 4.12. The summed E-state index contributed by atoms with van der Waals surface area (Å²) in [4.78, 5) is 0. The van der Waals surface area contributed by atoms with Gasteiger partial charge in [0.25, 0.3) is 0 Å². The molecular weight excluding hydrogens is 218 g/mol. The molecule has 1 heteroatoms. The van der Waals surface area contributed by atoms with Crippen LogP contribution in [-0.2, 0) is 0 Å². The molecule has 0 atom stereocenters. The Morgan fingerprint density at radius 2 is 1.44 bits per heavy atom. The van der Waals surface area contributed by atoms with E-state index in [-0.39, 0.29) is 0 Å². The molecular formula is C17H13N+. The summed E-state index contributed by atoms with van der Waals surface area (Å²) in [7, 11) is 0. The third-order valence-electron chi connectivity index (χ3n) is 2.91. The highest BCUT2D eigenvalue weighted by Crippen LogP contribution is 2.16. The Morgan fingerprint density at radius 3 is 2.22 bits per heavy atom. The fraction of sp³-hybridized carbons (Fsp3) is 0. The lowest BCUT2D eigenvalue weighted by atomic mass is 10.1. The van der Waals surface area contributed by atoms with E-state index in [0.717, 1.165) is 5.69 Å². The second kappa shape index (κ2) is 4.84. The normalized spacial score (nSPS) is 10.2. The molecule has 1 radical (unpaired) electrons. The minimum Gasteiger partial charge on any atom is -0.167 e. The van der Waals surface area contributed by atoms with Crippen molar-refractivity contribution < 1.29 is 4.57 Å². The lowest BCUT2D eigenvalue weighted by Gasteiger charge is -2.00. The molecule has 1 aromatic heterocycles. The predicted molar refractivity (Wildman–Crippen MR) is 72.2 cm³/mol.